The van der Waals surface area contributed by atoms with Gasteiger partial charge >= 0.3 is 5.97 Å². The molecule has 0 aliphatic rings. The first-order valence-corrected chi connectivity index (χ1v) is 4.77. The van der Waals surface area contributed by atoms with E-state index in [2.05, 4.69) is 6.58 Å². The van der Waals surface area contributed by atoms with E-state index in [4.69, 9.17) is 5.11 Å². The number of hydrogen-bond acceptors (Lipinski definition) is 3. The molecule has 0 saturated heterocycles. The average Bonchev–Trinajstić information content (AvgIpc) is 2.03. The minimum Gasteiger partial charge on any atom is -0.481 e. The van der Waals surface area contributed by atoms with Crippen molar-refractivity contribution in [2.45, 2.75) is 12.8 Å². The van der Waals surface area contributed by atoms with Crippen molar-refractivity contribution in [2.75, 3.05) is 11.5 Å². The van der Waals surface area contributed by atoms with Crippen LogP contribution in [-0.2, 0) is 9.59 Å². The van der Waals surface area contributed by atoms with Crippen LogP contribution in [0.3, 0.4) is 0 Å². The molecule has 0 aromatic rings. The average molecular weight is 188 g/mol. The smallest absolute Gasteiger partial charge is 0.304 e. The summed E-state index contributed by atoms with van der Waals surface area (Å²) in [6.07, 6.45) is 1.90. The van der Waals surface area contributed by atoms with Crippen LogP contribution in [0.1, 0.15) is 12.8 Å². The molecule has 0 spiro atoms. The van der Waals surface area contributed by atoms with Crippen LogP contribution in [0.25, 0.3) is 0 Å². The topological polar surface area (TPSA) is 54.4 Å². The maximum Gasteiger partial charge on any atom is 0.304 e. The SMILES string of the molecule is C=CC(=O)CCSCCC(=O)O. The van der Waals surface area contributed by atoms with E-state index in [0.29, 0.717) is 17.9 Å². The van der Waals surface area contributed by atoms with Crippen molar-refractivity contribution in [1.29, 1.82) is 0 Å². The van der Waals surface area contributed by atoms with Gasteiger partial charge in [0.25, 0.3) is 0 Å². The van der Waals surface area contributed by atoms with E-state index in [0.717, 1.165) is 0 Å². The third kappa shape index (κ3) is 7.34. The number of allylic oxidation sites excluding steroid dienone is 1. The second-order valence-corrected chi connectivity index (χ2v) is 3.40. The Hall–Kier alpha value is -0.770. The van der Waals surface area contributed by atoms with Gasteiger partial charge < -0.3 is 5.11 Å². The van der Waals surface area contributed by atoms with Crippen LogP contribution in [0.2, 0.25) is 0 Å². The van der Waals surface area contributed by atoms with Crippen LogP contribution in [0.4, 0.5) is 0 Å². The molecule has 0 fully saturated rings. The fourth-order valence-electron chi connectivity index (χ4n) is 0.536. The highest BCUT2D eigenvalue weighted by atomic mass is 32.2. The van der Waals surface area contributed by atoms with Gasteiger partial charge in [0.05, 0.1) is 6.42 Å². The predicted octanol–water partition coefficient (Wildman–Crippen LogP) is 1.34. The summed E-state index contributed by atoms with van der Waals surface area (Å²) in [5.41, 5.74) is 0. The van der Waals surface area contributed by atoms with Crippen molar-refractivity contribution in [3.05, 3.63) is 12.7 Å². The summed E-state index contributed by atoms with van der Waals surface area (Å²) < 4.78 is 0. The van der Waals surface area contributed by atoms with Crippen LogP contribution < -0.4 is 0 Å². The number of carboxylic acid groups (broad SMARTS) is 1. The van der Waals surface area contributed by atoms with Crippen molar-refractivity contribution in [3.8, 4) is 0 Å². The van der Waals surface area contributed by atoms with E-state index in [1.807, 2.05) is 0 Å². The quantitative estimate of drug-likeness (QED) is 0.484. The zero-order valence-corrected chi connectivity index (χ0v) is 7.60. The lowest BCUT2D eigenvalue weighted by molar-refractivity contribution is -0.136. The number of carbonyl (C=O) groups excluding carboxylic acids is 1. The Morgan fingerprint density at radius 1 is 1.33 bits per heavy atom. The highest BCUT2D eigenvalue weighted by molar-refractivity contribution is 7.99. The van der Waals surface area contributed by atoms with Crippen LogP contribution in [0.5, 0.6) is 0 Å². The molecule has 0 unspecified atom stereocenters. The molecule has 0 amide bonds. The molecule has 68 valence electrons. The summed E-state index contributed by atoms with van der Waals surface area (Å²) in [6.45, 7) is 3.33. The highest BCUT2D eigenvalue weighted by Crippen LogP contribution is 2.04. The minimum absolute atomic E-state index is 0.0119. The van der Waals surface area contributed by atoms with E-state index < -0.39 is 5.97 Å². The van der Waals surface area contributed by atoms with Crippen LogP contribution in [0, 0.1) is 0 Å². The molecule has 0 aliphatic heterocycles. The molecule has 1 N–H and O–H groups in total. The first-order valence-electron chi connectivity index (χ1n) is 3.61. The first-order chi connectivity index (χ1) is 5.66. The third-order valence-electron chi connectivity index (χ3n) is 1.18. The van der Waals surface area contributed by atoms with Crippen LogP contribution in [-0.4, -0.2) is 28.4 Å². The second kappa shape index (κ2) is 6.91. The molecule has 12 heavy (non-hydrogen) atoms. The van der Waals surface area contributed by atoms with Crippen molar-refractivity contribution >= 4 is 23.5 Å². The third-order valence-corrected chi connectivity index (χ3v) is 2.17. The summed E-state index contributed by atoms with van der Waals surface area (Å²) in [7, 11) is 0. The lowest BCUT2D eigenvalue weighted by Gasteiger charge is -1.95. The number of rotatable bonds is 7. The molecule has 0 heterocycles. The Kier molecular flexibility index (Phi) is 6.47. The zero-order valence-electron chi connectivity index (χ0n) is 6.78. The maximum absolute atomic E-state index is 10.7. The van der Waals surface area contributed by atoms with Gasteiger partial charge in [0.1, 0.15) is 0 Å². The largest absolute Gasteiger partial charge is 0.481 e. The number of hydrogen-bond donors (Lipinski definition) is 1. The van der Waals surface area contributed by atoms with Gasteiger partial charge in [-0.15, -0.1) is 0 Å². The predicted molar refractivity (Wildman–Crippen MR) is 49.4 cm³/mol. The lowest BCUT2D eigenvalue weighted by atomic mass is 10.3. The Morgan fingerprint density at radius 3 is 2.42 bits per heavy atom. The number of aliphatic carboxylic acids is 1. The Labute approximate surface area is 75.8 Å². The van der Waals surface area contributed by atoms with Crippen LogP contribution in [0.15, 0.2) is 12.7 Å². The minimum atomic E-state index is -0.794. The van der Waals surface area contributed by atoms with Gasteiger partial charge in [0, 0.05) is 17.9 Å². The standard InChI is InChI=1S/C8H12O3S/c1-2-7(9)3-5-12-6-4-8(10)11/h2H,1,3-6H2,(H,10,11). The van der Waals surface area contributed by atoms with E-state index in [9.17, 15) is 9.59 Å². The van der Waals surface area contributed by atoms with Crippen molar-refractivity contribution in [1.82, 2.24) is 0 Å². The lowest BCUT2D eigenvalue weighted by Crippen LogP contribution is -1.98. The molecular weight excluding hydrogens is 176 g/mol. The normalized spacial score (nSPS) is 9.33. The van der Waals surface area contributed by atoms with Gasteiger partial charge in [0.15, 0.2) is 5.78 Å². The Balaban J connectivity index is 3.16. The molecular formula is C8H12O3S. The fourth-order valence-corrected chi connectivity index (χ4v) is 1.40. The fraction of sp³-hybridized carbons (Fsp3) is 0.500. The van der Waals surface area contributed by atoms with Crippen molar-refractivity contribution in [3.63, 3.8) is 0 Å². The molecule has 0 rings (SSSR count). The number of carboxylic acids is 1. The van der Waals surface area contributed by atoms with Crippen molar-refractivity contribution in [2.24, 2.45) is 0 Å². The summed E-state index contributed by atoms with van der Waals surface area (Å²) in [5.74, 6) is 0.466. The molecule has 0 aromatic carbocycles. The van der Waals surface area contributed by atoms with E-state index >= 15 is 0 Å². The van der Waals surface area contributed by atoms with E-state index in [1.165, 1.54) is 17.8 Å². The molecule has 0 atom stereocenters. The van der Waals surface area contributed by atoms with Gasteiger partial charge in [-0.3, -0.25) is 9.59 Å². The van der Waals surface area contributed by atoms with Gasteiger partial charge in [-0.05, 0) is 6.08 Å². The van der Waals surface area contributed by atoms with Crippen LogP contribution >= 0.6 is 11.8 Å². The summed E-state index contributed by atoms with van der Waals surface area (Å²) in [6, 6.07) is 0. The number of carbonyl (C=O) groups is 2. The van der Waals surface area contributed by atoms with E-state index in [-0.39, 0.29) is 12.2 Å². The highest BCUT2D eigenvalue weighted by Gasteiger charge is 1.98. The van der Waals surface area contributed by atoms with Gasteiger partial charge in [0.2, 0.25) is 0 Å². The van der Waals surface area contributed by atoms with Crippen molar-refractivity contribution < 1.29 is 14.7 Å². The maximum atomic E-state index is 10.7. The summed E-state index contributed by atoms with van der Waals surface area (Å²) >= 11 is 1.48. The van der Waals surface area contributed by atoms with Gasteiger partial charge in [-0.1, -0.05) is 6.58 Å². The summed E-state index contributed by atoms with van der Waals surface area (Å²) in [4.78, 5) is 20.7. The van der Waals surface area contributed by atoms with E-state index in [1.54, 1.807) is 0 Å². The monoisotopic (exact) mass is 188 g/mol. The van der Waals surface area contributed by atoms with Gasteiger partial charge in [-0.2, -0.15) is 11.8 Å². The zero-order chi connectivity index (χ0) is 9.40. The Bertz CT molecular complexity index is 177. The molecule has 0 bridgehead atoms. The molecule has 0 saturated carbocycles. The molecule has 0 aliphatic carbocycles. The number of ketones is 1. The molecule has 3 nitrogen and oxygen atoms in total. The molecule has 0 aromatic heterocycles. The van der Waals surface area contributed by atoms with Gasteiger partial charge in [-0.25, -0.2) is 0 Å². The summed E-state index contributed by atoms with van der Waals surface area (Å²) in [5, 5.41) is 8.27. The first kappa shape index (κ1) is 11.2. The molecule has 4 heteroatoms. The number of thioether (sulfide) groups is 1. The molecule has 0 radical (unpaired) electrons. The Morgan fingerprint density at radius 2 is 1.92 bits per heavy atom. The second-order valence-electron chi connectivity index (χ2n) is 2.18.